The highest BCUT2D eigenvalue weighted by molar-refractivity contribution is 14.1. The molecule has 1 aromatic heterocycles. The predicted molar refractivity (Wildman–Crippen MR) is 84.8 cm³/mol. The Morgan fingerprint density at radius 1 is 1.33 bits per heavy atom. The third-order valence-corrected chi connectivity index (χ3v) is 3.35. The van der Waals surface area contributed by atoms with Crippen LogP contribution in [0.25, 0.3) is 10.9 Å². The summed E-state index contributed by atoms with van der Waals surface area (Å²) in [4.78, 5) is 5.47. The van der Waals surface area contributed by atoms with Gasteiger partial charge < -0.3 is 15.0 Å². The van der Waals surface area contributed by atoms with Crippen LogP contribution >= 0.6 is 22.6 Å². The van der Waals surface area contributed by atoms with Gasteiger partial charge in [-0.25, -0.2) is 0 Å². The Labute approximate surface area is 121 Å². The Balaban J connectivity index is 0.000000574. The van der Waals surface area contributed by atoms with Crippen molar-refractivity contribution in [2.45, 2.75) is 25.9 Å². The van der Waals surface area contributed by atoms with Gasteiger partial charge in [0.25, 0.3) is 0 Å². The highest BCUT2D eigenvalue weighted by Gasteiger charge is 2.20. The number of methoxy groups -OCH3 is 1. The van der Waals surface area contributed by atoms with Gasteiger partial charge in [0, 0.05) is 30.1 Å². The molecule has 0 bridgehead atoms. The lowest BCUT2D eigenvalue weighted by Crippen LogP contribution is -2.32. The maximum atomic E-state index is 5.38. The van der Waals surface area contributed by atoms with Crippen molar-refractivity contribution < 1.29 is 4.74 Å². The van der Waals surface area contributed by atoms with E-state index in [-0.39, 0.29) is 0 Å². The zero-order chi connectivity index (χ0) is 13.1. The van der Waals surface area contributed by atoms with Crippen molar-refractivity contribution in [3.8, 4) is 5.75 Å². The van der Waals surface area contributed by atoms with Crippen molar-refractivity contribution in [1.29, 1.82) is 0 Å². The molecule has 4 heteroatoms. The topological polar surface area (TPSA) is 37.0 Å². The lowest BCUT2D eigenvalue weighted by atomic mass is 10.0. The minimum Gasteiger partial charge on any atom is -0.495 e. The van der Waals surface area contributed by atoms with Crippen LogP contribution in [0.2, 0.25) is 0 Å². The molecule has 0 saturated carbocycles. The molecule has 2 aromatic rings. The molecular formula is C14H19IN2O. The van der Waals surface area contributed by atoms with Crippen LogP contribution in [0.15, 0.2) is 18.2 Å². The van der Waals surface area contributed by atoms with Crippen molar-refractivity contribution in [3.05, 3.63) is 29.5 Å². The molecule has 1 unspecified atom stereocenters. The summed E-state index contributed by atoms with van der Waals surface area (Å²) < 4.78 is 5.38. The summed E-state index contributed by atoms with van der Waals surface area (Å²) >= 11 is 2.15. The van der Waals surface area contributed by atoms with Crippen LogP contribution in [-0.2, 0) is 13.0 Å². The molecule has 3 rings (SSSR count). The molecule has 0 fully saturated rings. The smallest absolute Gasteiger partial charge is 0.142 e. The van der Waals surface area contributed by atoms with Crippen LogP contribution in [0.4, 0.5) is 0 Å². The summed E-state index contributed by atoms with van der Waals surface area (Å²) in [7, 11) is 1.72. The molecule has 2 heterocycles. The molecule has 18 heavy (non-hydrogen) atoms. The van der Waals surface area contributed by atoms with E-state index in [4.69, 9.17) is 4.74 Å². The number of aromatic nitrogens is 1. The van der Waals surface area contributed by atoms with Crippen LogP contribution < -0.4 is 10.1 Å². The number of fused-ring (bicyclic) bond motifs is 3. The Bertz CT molecular complexity index is 536. The molecule has 1 aliphatic heterocycles. The summed E-state index contributed by atoms with van der Waals surface area (Å²) in [5.41, 5.74) is 3.88. The fourth-order valence-electron chi connectivity index (χ4n) is 2.50. The lowest BCUT2D eigenvalue weighted by molar-refractivity contribution is 0.419. The first-order valence-corrected chi connectivity index (χ1v) is 8.23. The molecule has 2 N–H and O–H groups in total. The summed E-state index contributed by atoms with van der Waals surface area (Å²) in [6.07, 6.45) is 1.06. The van der Waals surface area contributed by atoms with Gasteiger partial charge >= 0.3 is 0 Å². The lowest BCUT2D eigenvalue weighted by Gasteiger charge is -2.20. The van der Waals surface area contributed by atoms with Gasteiger partial charge in [-0.05, 0) is 23.5 Å². The minimum atomic E-state index is 0.548. The number of benzene rings is 1. The molecule has 0 amide bonds. The first kappa shape index (κ1) is 13.7. The monoisotopic (exact) mass is 358 g/mol. The van der Waals surface area contributed by atoms with E-state index in [1.165, 1.54) is 16.6 Å². The summed E-state index contributed by atoms with van der Waals surface area (Å²) in [5.74, 6) is 0.930. The minimum absolute atomic E-state index is 0.548. The highest BCUT2D eigenvalue weighted by Crippen LogP contribution is 2.31. The number of rotatable bonds is 1. The molecular weight excluding hydrogens is 339 g/mol. The molecule has 1 aliphatic rings. The molecule has 0 aliphatic carbocycles. The maximum absolute atomic E-state index is 5.38. The Kier molecular flexibility index (Phi) is 4.50. The first-order valence-electron chi connectivity index (χ1n) is 6.07. The maximum Gasteiger partial charge on any atom is 0.142 e. The summed E-state index contributed by atoms with van der Waals surface area (Å²) in [5, 5.41) is 4.78. The zero-order valence-corrected chi connectivity index (χ0v) is 13.2. The average Bonchev–Trinajstić information content (AvgIpc) is 2.78. The van der Waals surface area contributed by atoms with Crippen molar-refractivity contribution in [3.63, 3.8) is 0 Å². The second-order valence-corrected chi connectivity index (χ2v) is 4.45. The van der Waals surface area contributed by atoms with Gasteiger partial charge in [-0.2, -0.15) is 0 Å². The molecule has 0 spiro atoms. The number of para-hydroxylation sites is 1. The van der Waals surface area contributed by atoms with Crippen LogP contribution in [0.5, 0.6) is 5.75 Å². The Hall–Kier alpha value is -0.750. The summed E-state index contributed by atoms with van der Waals surface area (Å²) in [6, 6.07) is 6.76. The van der Waals surface area contributed by atoms with E-state index in [9.17, 15) is 0 Å². The van der Waals surface area contributed by atoms with E-state index in [0.717, 1.165) is 24.2 Å². The molecule has 0 saturated heterocycles. The standard InChI is InChI=1S/C13H16N2O.CH3I/c1-8-6-11-10(7-14-8)9-4-3-5-12(16-2)13(9)15-11;1-2/h3-5,8,14-15H,6-7H2,1-2H3;1H3. The molecule has 1 atom stereocenters. The van der Waals surface area contributed by atoms with E-state index in [1.807, 2.05) is 17.1 Å². The van der Waals surface area contributed by atoms with Crippen LogP contribution in [0.1, 0.15) is 18.2 Å². The second kappa shape index (κ2) is 5.93. The van der Waals surface area contributed by atoms with Gasteiger partial charge in [-0.15, -0.1) is 0 Å². The van der Waals surface area contributed by atoms with Crippen molar-refractivity contribution in [2.24, 2.45) is 0 Å². The van der Waals surface area contributed by atoms with E-state index in [0.29, 0.717) is 6.04 Å². The molecule has 98 valence electrons. The van der Waals surface area contributed by atoms with Gasteiger partial charge in [0.2, 0.25) is 0 Å². The van der Waals surface area contributed by atoms with Gasteiger partial charge in [-0.3, -0.25) is 0 Å². The normalized spacial score (nSPS) is 17.9. The van der Waals surface area contributed by atoms with Crippen molar-refractivity contribution in [2.75, 3.05) is 12.0 Å². The zero-order valence-electron chi connectivity index (χ0n) is 11.0. The van der Waals surface area contributed by atoms with E-state index < -0.39 is 0 Å². The van der Waals surface area contributed by atoms with Crippen molar-refractivity contribution >= 4 is 33.5 Å². The average molecular weight is 358 g/mol. The van der Waals surface area contributed by atoms with E-state index >= 15 is 0 Å². The number of alkyl halides is 1. The number of ether oxygens (including phenoxy) is 1. The number of aromatic amines is 1. The fraction of sp³-hybridized carbons (Fsp3) is 0.429. The van der Waals surface area contributed by atoms with Gasteiger partial charge in [-0.1, -0.05) is 34.7 Å². The number of halogens is 1. The highest BCUT2D eigenvalue weighted by atomic mass is 127. The van der Waals surface area contributed by atoms with Crippen molar-refractivity contribution in [1.82, 2.24) is 10.3 Å². The van der Waals surface area contributed by atoms with Gasteiger partial charge in [0.15, 0.2) is 0 Å². The van der Waals surface area contributed by atoms with E-state index in [2.05, 4.69) is 45.9 Å². The first-order chi connectivity index (χ1) is 8.79. The fourth-order valence-corrected chi connectivity index (χ4v) is 2.50. The van der Waals surface area contributed by atoms with Crippen LogP contribution in [0, 0.1) is 0 Å². The molecule has 1 aromatic carbocycles. The number of hydrogen-bond donors (Lipinski definition) is 2. The third-order valence-electron chi connectivity index (χ3n) is 3.35. The quantitative estimate of drug-likeness (QED) is 0.607. The number of hydrogen-bond acceptors (Lipinski definition) is 2. The number of H-pyrrole nitrogens is 1. The van der Waals surface area contributed by atoms with Crippen LogP contribution in [-0.4, -0.2) is 23.1 Å². The Morgan fingerprint density at radius 3 is 2.83 bits per heavy atom. The van der Waals surface area contributed by atoms with Crippen LogP contribution in [0.3, 0.4) is 0 Å². The predicted octanol–water partition coefficient (Wildman–Crippen LogP) is 3.26. The van der Waals surface area contributed by atoms with Gasteiger partial charge in [0.05, 0.1) is 12.6 Å². The summed E-state index contributed by atoms with van der Waals surface area (Å²) in [6.45, 7) is 3.16. The molecule has 3 nitrogen and oxygen atoms in total. The molecule has 0 radical (unpaired) electrons. The Morgan fingerprint density at radius 2 is 2.11 bits per heavy atom. The SMILES string of the molecule is CI.COc1cccc2c3c([nH]c12)CC(C)NC3. The second-order valence-electron chi connectivity index (χ2n) is 4.45. The van der Waals surface area contributed by atoms with Gasteiger partial charge in [0.1, 0.15) is 5.75 Å². The third kappa shape index (κ3) is 2.36. The number of nitrogens with one attached hydrogen (secondary N) is 2. The van der Waals surface area contributed by atoms with E-state index in [1.54, 1.807) is 7.11 Å². The largest absolute Gasteiger partial charge is 0.495 e.